The van der Waals surface area contributed by atoms with Crippen LogP contribution < -0.4 is 14.2 Å². The van der Waals surface area contributed by atoms with Gasteiger partial charge in [0.1, 0.15) is 5.75 Å². The van der Waals surface area contributed by atoms with Gasteiger partial charge in [-0.2, -0.15) is 0 Å². The van der Waals surface area contributed by atoms with E-state index in [4.69, 9.17) is 59.2 Å². The third-order valence-corrected chi connectivity index (χ3v) is 10.7. The van der Waals surface area contributed by atoms with Crippen LogP contribution in [0.4, 0.5) is 0 Å². The molecule has 2 heterocycles. The summed E-state index contributed by atoms with van der Waals surface area (Å²) in [5, 5.41) is 19.8. The number of aryl methyl sites for hydroxylation is 2. The number of ether oxygens (including phenoxy) is 3. The van der Waals surface area contributed by atoms with Gasteiger partial charge in [0, 0.05) is 75.5 Å². The lowest BCUT2D eigenvalue weighted by molar-refractivity contribution is -0.135. The molecular formula is C43H47Cl3N4O9. The smallest absolute Gasteiger partial charge is 0.335 e. The van der Waals surface area contributed by atoms with Gasteiger partial charge in [-0.05, 0) is 84.6 Å². The van der Waals surface area contributed by atoms with Crippen molar-refractivity contribution in [3.63, 3.8) is 0 Å². The summed E-state index contributed by atoms with van der Waals surface area (Å²) in [7, 11) is 1.38. The fourth-order valence-corrected chi connectivity index (χ4v) is 7.26. The van der Waals surface area contributed by atoms with Crippen molar-refractivity contribution in [3.05, 3.63) is 121 Å². The molecular weight excluding hydrogens is 823 g/mol. The van der Waals surface area contributed by atoms with E-state index in [0.717, 1.165) is 44.3 Å². The highest BCUT2D eigenvalue weighted by Gasteiger charge is 2.24. The minimum absolute atomic E-state index is 0.0210. The second kappa shape index (κ2) is 21.3. The normalized spacial score (nSPS) is 14.5. The van der Waals surface area contributed by atoms with Crippen LogP contribution in [0.3, 0.4) is 0 Å². The number of methoxy groups -OCH3 is 1. The second-order valence-corrected chi connectivity index (χ2v) is 15.5. The zero-order valence-corrected chi connectivity index (χ0v) is 35.4. The SMILES string of the molecule is COc1cc(C(=O)O)cc(Cl)c1OCC(=O)N1CCN(Cc2ccc(Cl)cc2)CC1.Cc1cc(C(=O)O)cc(C)c1OCC(=O)N1CCN(Cc2ccc(Cl)cc2)CC1. The van der Waals surface area contributed by atoms with Crippen molar-refractivity contribution in [2.75, 3.05) is 72.7 Å². The Labute approximate surface area is 358 Å². The number of rotatable bonds is 13. The van der Waals surface area contributed by atoms with E-state index < -0.39 is 11.9 Å². The Morgan fingerprint density at radius 1 is 0.576 bits per heavy atom. The van der Waals surface area contributed by atoms with Crippen molar-refractivity contribution in [1.29, 1.82) is 0 Å². The molecule has 0 unspecified atom stereocenters. The van der Waals surface area contributed by atoms with Gasteiger partial charge in [-0.3, -0.25) is 19.4 Å². The Hall–Kier alpha value is -5.05. The predicted octanol–water partition coefficient (Wildman–Crippen LogP) is 6.80. The fourth-order valence-electron chi connectivity index (χ4n) is 6.74. The van der Waals surface area contributed by atoms with Crippen LogP contribution in [0.5, 0.6) is 17.2 Å². The second-order valence-electron chi connectivity index (χ2n) is 14.2. The first kappa shape index (κ1) is 45.0. The van der Waals surface area contributed by atoms with Gasteiger partial charge in [0.2, 0.25) is 0 Å². The van der Waals surface area contributed by atoms with Gasteiger partial charge >= 0.3 is 11.9 Å². The molecule has 2 aliphatic rings. The Kier molecular flexibility index (Phi) is 16.2. The molecule has 0 radical (unpaired) electrons. The number of carboxylic acids is 2. The lowest BCUT2D eigenvalue weighted by Crippen LogP contribution is -2.49. The third-order valence-electron chi connectivity index (χ3n) is 9.95. The largest absolute Gasteiger partial charge is 0.493 e. The van der Waals surface area contributed by atoms with Crippen LogP contribution in [0.25, 0.3) is 0 Å². The molecule has 0 aromatic heterocycles. The van der Waals surface area contributed by atoms with Crippen molar-refractivity contribution in [2.45, 2.75) is 26.9 Å². The van der Waals surface area contributed by atoms with Crippen LogP contribution in [-0.2, 0) is 22.7 Å². The van der Waals surface area contributed by atoms with E-state index in [9.17, 15) is 19.2 Å². The van der Waals surface area contributed by atoms with Crippen LogP contribution in [0.2, 0.25) is 15.1 Å². The highest BCUT2D eigenvalue weighted by molar-refractivity contribution is 6.32. The number of carboxylic acid groups (broad SMARTS) is 2. The minimum atomic E-state index is -1.13. The average Bonchev–Trinajstić information content (AvgIpc) is 3.22. The molecule has 2 saturated heterocycles. The van der Waals surface area contributed by atoms with E-state index >= 15 is 0 Å². The Morgan fingerprint density at radius 3 is 1.36 bits per heavy atom. The van der Waals surface area contributed by atoms with E-state index in [-0.39, 0.29) is 52.7 Å². The van der Waals surface area contributed by atoms with Crippen LogP contribution in [0.15, 0.2) is 72.8 Å². The molecule has 59 heavy (non-hydrogen) atoms. The van der Waals surface area contributed by atoms with Crippen molar-refractivity contribution in [1.82, 2.24) is 19.6 Å². The Balaban J connectivity index is 0.000000224. The van der Waals surface area contributed by atoms with E-state index in [0.29, 0.717) is 48.1 Å². The first-order chi connectivity index (χ1) is 28.2. The number of hydrogen-bond acceptors (Lipinski definition) is 9. The Bertz CT molecular complexity index is 2080. The van der Waals surface area contributed by atoms with Crippen LogP contribution in [-0.4, -0.2) is 126 Å². The number of carbonyl (C=O) groups excluding carboxylic acids is 2. The number of benzene rings is 4. The number of amides is 2. The topological polar surface area (TPSA) is 149 Å². The number of hydrogen-bond donors (Lipinski definition) is 2. The van der Waals surface area contributed by atoms with Gasteiger partial charge in [-0.1, -0.05) is 59.1 Å². The molecule has 13 nitrogen and oxygen atoms in total. The molecule has 0 saturated carbocycles. The molecule has 2 aliphatic heterocycles. The standard InChI is InChI=1S/C22H25ClN2O4.C21H22Cl2N2O5/c1-15-11-18(22(27)28)12-16(2)21(15)29-14-20(26)25-9-7-24(8-10-25)13-17-3-5-19(23)6-4-17;1-29-18-11-15(21(27)28)10-17(23)20(18)30-13-19(26)25-8-6-24(7-9-25)12-14-2-4-16(22)5-3-14/h3-6,11-12H,7-10,13-14H2,1-2H3,(H,27,28);2-5,10-11H,6-9,12-13H2,1H3,(H,27,28). The number of carbonyl (C=O) groups is 4. The quantitative estimate of drug-likeness (QED) is 0.146. The summed E-state index contributed by atoms with van der Waals surface area (Å²) < 4.78 is 16.5. The first-order valence-corrected chi connectivity index (χ1v) is 20.0. The van der Waals surface area contributed by atoms with E-state index in [1.807, 2.05) is 53.4 Å². The molecule has 314 valence electrons. The molecule has 0 bridgehead atoms. The molecule has 4 aromatic carbocycles. The van der Waals surface area contributed by atoms with Crippen molar-refractivity contribution < 1.29 is 43.6 Å². The summed E-state index contributed by atoms with van der Waals surface area (Å²) in [6, 6.07) is 21.3. The molecule has 0 spiro atoms. The highest BCUT2D eigenvalue weighted by atomic mass is 35.5. The lowest BCUT2D eigenvalue weighted by atomic mass is 10.1. The maximum atomic E-state index is 12.5. The van der Waals surface area contributed by atoms with Gasteiger partial charge < -0.3 is 34.2 Å². The molecule has 2 N–H and O–H groups in total. The molecule has 6 rings (SSSR count). The van der Waals surface area contributed by atoms with Gasteiger partial charge in [0.05, 0.1) is 23.3 Å². The molecule has 0 aliphatic carbocycles. The molecule has 2 amide bonds. The number of nitrogens with zero attached hydrogens (tertiary/aromatic N) is 4. The number of piperazine rings is 2. The first-order valence-electron chi connectivity index (χ1n) is 18.9. The third kappa shape index (κ3) is 13.0. The summed E-state index contributed by atoms with van der Waals surface area (Å²) in [6.07, 6.45) is 0. The molecule has 4 aromatic rings. The fraction of sp³-hybridized carbons (Fsp3) is 0.349. The zero-order valence-electron chi connectivity index (χ0n) is 33.1. The molecule has 2 fully saturated rings. The van der Waals surface area contributed by atoms with Gasteiger partial charge in [-0.15, -0.1) is 0 Å². The zero-order chi connectivity index (χ0) is 42.6. The van der Waals surface area contributed by atoms with E-state index in [1.165, 1.54) is 30.4 Å². The van der Waals surface area contributed by atoms with Crippen molar-refractivity contribution >= 4 is 58.6 Å². The molecule has 0 atom stereocenters. The number of halogens is 3. The Morgan fingerprint density at radius 2 is 0.966 bits per heavy atom. The monoisotopic (exact) mass is 868 g/mol. The lowest BCUT2D eigenvalue weighted by Gasteiger charge is -2.34. The highest BCUT2D eigenvalue weighted by Crippen LogP contribution is 2.36. The van der Waals surface area contributed by atoms with Crippen molar-refractivity contribution in [2.24, 2.45) is 0 Å². The van der Waals surface area contributed by atoms with E-state index in [1.54, 1.807) is 30.9 Å². The summed E-state index contributed by atoms with van der Waals surface area (Å²) in [6.45, 7) is 10.6. The van der Waals surface area contributed by atoms with E-state index in [2.05, 4.69) is 9.80 Å². The van der Waals surface area contributed by atoms with Crippen molar-refractivity contribution in [3.8, 4) is 17.2 Å². The van der Waals surface area contributed by atoms with Gasteiger partial charge in [0.15, 0.2) is 24.7 Å². The average molecular weight is 870 g/mol. The molecule has 16 heteroatoms. The predicted molar refractivity (Wildman–Crippen MR) is 225 cm³/mol. The van der Waals surface area contributed by atoms with Gasteiger partial charge in [-0.25, -0.2) is 9.59 Å². The van der Waals surface area contributed by atoms with Crippen LogP contribution in [0.1, 0.15) is 43.0 Å². The van der Waals surface area contributed by atoms with Crippen LogP contribution in [0, 0.1) is 13.8 Å². The maximum Gasteiger partial charge on any atom is 0.335 e. The number of aromatic carboxylic acids is 2. The summed E-state index contributed by atoms with van der Waals surface area (Å²) in [5.74, 6) is -1.44. The maximum absolute atomic E-state index is 12.5. The van der Waals surface area contributed by atoms with Crippen LogP contribution >= 0.6 is 34.8 Å². The summed E-state index contributed by atoms with van der Waals surface area (Å²) in [5.41, 5.74) is 4.00. The van der Waals surface area contributed by atoms with Gasteiger partial charge in [0.25, 0.3) is 11.8 Å². The summed E-state index contributed by atoms with van der Waals surface area (Å²) in [4.78, 5) is 55.5. The minimum Gasteiger partial charge on any atom is -0.493 e. The summed E-state index contributed by atoms with van der Waals surface area (Å²) >= 11 is 18.0.